The molecule has 0 heterocycles. The number of alkyl halides is 2. The Morgan fingerprint density at radius 2 is 2.00 bits per heavy atom. The van der Waals surface area contributed by atoms with Crippen LogP contribution in [0.2, 0.25) is 0 Å². The van der Waals surface area contributed by atoms with Crippen molar-refractivity contribution in [3.05, 3.63) is 21.7 Å². The van der Waals surface area contributed by atoms with Gasteiger partial charge in [0.1, 0.15) is 0 Å². The Kier molecular flexibility index (Phi) is 7.05. The summed E-state index contributed by atoms with van der Waals surface area (Å²) in [5.41, 5.74) is 1.05. The molecule has 0 aliphatic carbocycles. The topological polar surface area (TPSA) is 0 Å². The van der Waals surface area contributed by atoms with Gasteiger partial charge >= 0.3 is 0 Å². The SMILES string of the molecule is CC(=CCC(Br)C(C)(C)Cl)C(Cl)=CBr. The van der Waals surface area contributed by atoms with E-state index in [0.717, 1.165) is 17.0 Å². The fourth-order valence-electron chi connectivity index (χ4n) is 0.744. The van der Waals surface area contributed by atoms with Crippen LogP contribution in [-0.4, -0.2) is 9.70 Å². The van der Waals surface area contributed by atoms with Gasteiger partial charge in [0.05, 0.1) is 9.91 Å². The summed E-state index contributed by atoms with van der Waals surface area (Å²) < 4.78 is 0. The Bertz CT molecular complexity index is 239. The van der Waals surface area contributed by atoms with Gasteiger partial charge in [-0.25, -0.2) is 0 Å². The molecule has 0 aromatic carbocycles. The molecule has 14 heavy (non-hydrogen) atoms. The van der Waals surface area contributed by atoms with Gasteiger partial charge in [-0.1, -0.05) is 49.5 Å². The summed E-state index contributed by atoms with van der Waals surface area (Å²) in [5.74, 6) is 0. The van der Waals surface area contributed by atoms with Crippen molar-refractivity contribution in [2.75, 3.05) is 0 Å². The van der Waals surface area contributed by atoms with Gasteiger partial charge in [0.25, 0.3) is 0 Å². The summed E-state index contributed by atoms with van der Waals surface area (Å²) in [6.07, 6.45) is 2.93. The first-order chi connectivity index (χ1) is 6.29. The number of hydrogen-bond donors (Lipinski definition) is 0. The smallest absolute Gasteiger partial charge is 0.0518 e. The Hall–Kier alpha value is 1.02. The predicted molar refractivity (Wildman–Crippen MR) is 73.9 cm³/mol. The predicted octanol–water partition coefficient (Wildman–Crippen LogP) is 5.58. The Morgan fingerprint density at radius 1 is 1.50 bits per heavy atom. The van der Waals surface area contributed by atoms with Gasteiger partial charge in [0.15, 0.2) is 0 Å². The molecule has 0 amide bonds. The molecule has 0 aliphatic heterocycles. The standard InChI is InChI=1S/C10H14Br2Cl2/c1-7(8(13)6-11)4-5-9(12)10(2,3)14/h4,6,9H,5H2,1-3H3. The molecule has 0 radical (unpaired) electrons. The zero-order valence-corrected chi connectivity index (χ0v) is 13.1. The highest BCUT2D eigenvalue weighted by atomic mass is 79.9. The van der Waals surface area contributed by atoms with E-state index in [1.54, 1.807) is 4.99 Å². The average Bonchev–Trinajstić information content (AvgIpc) is 2.10. The van der Waals surface area contributed by atoms with E-state index in [1.807, 2.05) is 20.8 Å². The quantitative estimate of drug-likeness (QED) is 0.451. The van der Waals surface area contributed by atoms with Gasteiger partial charge < -0.3 is 0 Å². The first kappa shape index (κ1) is 15.0. The summed E-state index contributed by atoms with van der Waals surface area (Å²) in [6.45, 7) is 5.94. The van der Waals surface area contributed by atoms with Crippen molar-refractivity contribution in [2.24, 2.45) is 0 Å². The second kappa shape index (κ2) is 6.57. The molecule has 0 fully saturated rings. The average molecular weight is 365 g/mol. The normalized spacial score (nSPS) is 17.1. The minimum absolute atomic E-state index is 0.242. The van der Waals surface area contributed by atoms with Crippen molar-refractivity contribution in [2.45, 2.75) is 36.9 Å². The molecule has 1 atom stereocenters. The number of rotatable bonds is 4. The zero-order chi connectivity index (χ0) is 11.4. The maximum Gasteiger partial charge on any atom is 0.0518 e. The van der Waals surface area contributed by atoms with E-state index in [9.17, 15) is 0 Å². The van der Waals surface area contributed by atoms with Crippen LogP contribution in [-0.2, 0) is 0 Å². The molecule has 0 aromatic heterocycles. The molecular weight excluding hydrogens is 351 g/mol. The van der Waals surface area contributed by atoms with Crippen molar-refractivity contribution in [1.82, 2.24) is 0 Å². The highest BCUT2D eigenvalue weighted by Crippen LogP contribution is 2.28. The largest absolute Gasteiger partial charge is 0.119 e. The lowest BCUT2D eigenvalue weighted by Gasteiger charge is -2.21. The van der Waals surface area contributed by atoms with Crippen LogP contribution in [0.5, 0.6) is 0 Å². The van der Waals surface area contributed by atoms with Gasteiger partial charge in [0.2, 0.25) is 0 Å². The van der Waals surface area contributed by atoms with Crippen LogP contribution in [0.1, 0.15) is 27.2 Å². The number of allylic oxidation sites excluding steroid dienone is 3. The molecule has 1 unspecified atom stereocenters. The molecule has 0 saturated carbocycles. The molecular formula is C10H14Br2Cl2. The molecule has 0 aliphatic rings. The highest BCUT2D eigenvalue weighted by molar-refractivity contribution is 9.11. The van der Waals surface area contributed by atoms with Crippen LogP contribution in [0.3, 0.4) is 0 Å². The molecule has 0 bridgehead atoms. The highest BCUT2D eigenvalue weighted by Gasteiger charge is 2.23. The van der Waals surface area contributed by atoms with Gasteiger partial charge in [-0.05, 0) is 32.8 Å². The van der Waals surface area contributed by atoms with Crippen LogP contribution in [0.4, 0.5) is 0 Å². The summed E-state index contributed by atoms with van der Waals surface area (Å²) in [7, 11) is 0. The molecule has 4 heteroatoms. The Balaban J connectivity index is 4.30. The van der Waals surface area contributed by atoms with Crippen molar-refractivity contribution in [3.63, 3.8) is 0 Å². The molecule has 82 valence electrons. The minimum atomic E-state index is -0.249. The summed E-state index contributed by atoms with van der Waals surface area (Å²) in [4.78, 5) is 1.70. The Labute approximate surface area is 113 Å². The van der Waals surface area contributed by atoms with Gasteiger partial charge in [0, 0.05) is 9.81 Å². The molecule has 0 nitrogen and oxygen atoms in total. The molecule has 0 N–H and O–H groups in total. The van der Waals surface area contributed by atoms with Crippen molar-refractivity contribution < 1.29 is 0 Å². The molecule has 0 spiro atoms. The van der Waals surface area contributed by atoms with Crippen LogP contribution in [0.25, 0.3) is 0 Å². The lowest BCUT2D eigenvalue weighted by atomic mass is 10.1. The minimum Gasteiger partial charge on any atom is -0.119 e. The Morgan fingerprint density at radius 3 is 2.36 bits per heavy atom. The van der Waals surface area contributed by atoms with Crippen LogP contribution >= 0.6 is 55.1 Å². The van der Waals surface area contributed by atoms with Gasteiger partial charge in [-0.3, -0.25) is 0 Å². The van der Waals surface area contributed by atoms with Crippen molar-refractivity contribution in [1.29, 1.82) is 0 Å². The van der Waals surface area contributed by atoms with E-state index in [0.29, 0.717) is 0 Å². The summed E-state index contributed by atoms with van der Waals surface area (Å²) in [6, 6.07) is 0. The lowest BCUT2D eigenvalue weighted by molar-refractivity contribution is 0.662. The fourth-order valence-corrected chi connectivity index (χ4v) is 1.46. The van der Waals surface area contributed by atoms with Gasteiger partial charge in [-0.2, -0.15) is 0 Å². The van der Waals surface area contributed by atoms with Crippen molar-refractivity contribution in [3.8, 4) is 0 Å². The third kappa shape index (κ3) is 5.79. The van der Waals surface area contributed by atoms with Gasteiger partial charge in [-0.15, -0.1) is 11.6 Å². The van der Waals surface area contributed by atoms with E-state index in [4.69, 9.17) is 23.2 Å². The first-order valence-electron chi connectivity index (χ1n) is 4.25. The van der Waals surface area contributed by atoms with E-state index in [-0.39, 0.29) is 9.70 Å². The van der Waals surface area contributed by atoms with E-state index < -0.39 is 0 Å². The lowest BCUT2D eigenvalue weighted by Crippen LogP contribution is -2.23. The van der Waals surface area contributed by atoms with E-state index in [1.165, 1.54) is 0 Å². The van der Waals surface area contributed by atoms with Crippen LogP contribution < -0.4 is 0 Å². The monoisotopic (exact) mass is 362 g/mol. The van der Waals surface area contributed by atoms with E-state index >= 15 is 0 Å². The zero-order valence-electron chi connectivity index (χ0n) is 8.45. The summed E-state index contributed by atoms with van der Waals surface area (Å²) in [5, 5.41) is 0.720. The maximum atomic E-state index is 6.15. The van der Waals surface area contributed by atoms with Crippen LogP contribution in [0.15, 0.2) is 21.7 Å². The number of hydrogen-bond acceptors (Lipinski definition) is 0. The first-order valence-corrected chi connectivity index (χ1v) is 6.83. The second-order valence-electron chi connectivity index (χ2n) is 3.61. The molecule has 0 saturated heterocycles. The number of halogens is 4. The van der Waals surface area contributed by atoms with Crippen LogP contribution in [0, 0.1) is 0 Å². The van der Waals surface area contributed by atoms with E-state index in [2.05, 4.69) is 37.9 Å². The fraction of sp³-hybridized carbons (Fsp3) is 0.600. The third-order valence-corrected chi connectivity index (χ3v) is 5.02. The third-order valence-electron chi connectivity index (χ3n) is 1.85. The molecule has 0 rings (SSSR count). The summed E-state index contributed by atoms with van der Waals surface area (Å²) >= 11 is 18.8. The maximum absolute atomic E-state index is 6.15. The second-order valence-corrected chi connectivity index (χ2v) is 6.56. The van der Waals surface area contributed by atoms with Crippen molar-refractivity contribution >= 4 is 55.1 Å². The molecule has 0 aromatic rings.